The molecule has 0 bridgehead atoms. The largest absolute Gasteiger partial charge is 0.338 e. The predicted octanol–water partition coefficient (Wildman–Crippen LogP) is 3.30. The summed E-state index contributed by atoms with van der Waals surface area (Å²) in [5.74, 6) is 1.21. The summed E-state index contributed by atoms with van der Waals surface area (Å²) < 4.78 is 6.99. The second-order valence-corrected chi connectivity index (χ2v) is 7.39. The molecule has 0 fully saturated rings. The zero-order chi connectivity index (χ0) is 18.8. The van der Waals surface area contributed by atoms with E-state index in [2.05, 4.69) is 32.1 Å². The maximum Gasteiger partial charge on any atom is 0.262 e. The summed E-state index contributed by atoms with van der Waals surface area (Å²) in [4.78, 5) is 24.2. The average molecular weight is 382 g/mol. The van der Waals surface area contributed by atoms with Crippen LogP contribution < -0.4 is 5.56 Å². The maximum absolute atomic E-state index is 12.4. The number of hydrogen-bond donors (Lipinski definition) is 1. The molecule has 0 saturated carbocycles. The molecule has 1 atom stereocenters. The Hall–Kier alpha value is -2.94. The highest BCUT2D eigenvalue weighted by molar-refractivity contribution is 7.99. The van der Waals surface area contributed by atoms with Gasteiger partial charge in [0.1, 0.15) is 5.39 Å². The molecule has 1 N–H and O–H groups in total. The fourth-order valence-corrected chi connectivity index (χ4v) is 3.51. The van der Waals surface area contributed by atoms with E-state index in [1.165, 1.54) is 18.0 Å². The zero-order valence-corrected chi connectivity index (χ0v) is 15.7. The fourth-order valence-electron chi connectivity index (χ4n) is 2.69. The molecule has 4 aromatic rings. The maximum atomic E-state index is 12.4. The summed E-state index contributed by atoms with van der Waals surface area (Å²) in [6, 6.07) is 9.58. The van der Waals surface area contributed by atoms with Crippen molar-refractivity contribution >= 4 is 22.8 Å². The lowest BCUT2D eigenvalue weighted by Crippen LogP contribution is -2.10. The molecule has 3 heterocycles. The van der Waals surface area contributed by atoms with Gasteiger partial charge < -0.3 is 9.51 Å². The zero-order valence-electron chi connectivity index (χ0n) is 14.9. The molecular weight excluding hydrogens is 364 g/mol. The topological polar surface area (TPSA) is 102 Å². The van der Waals surface area contributed by atoms with Crippen LogP contribution in [0.2, 0.25) is 0 Å². The van der Waals surface area contributed by atoms with Gasteiger partial charge in [-0.15, -0.1) is 0 Å². The lowest BCUT2D eigenvalue weighted by atomic mass is 10.3. The van der Waals surface area contributed by atoms with Crippen molar-refractivity contribution in [2.75, 3.05) is 0 Å². The van der Waals surface area contributed by atoms with Crippen LogP contribution in [0.3, 0.4) is 0 Å². The van der Waals surface area contributed by atoms with Gasteiger partial charge in [0.25, 0.3) is 5.56 Å². The number of rotatable bonds is 6. The lowest BCUT2D eigenvalue weighted by molar-refractivity contribution is 0.374. The first kappa shape index (κ1) is 17.5. The van der Waals surface area contributed by atoms with Gasteiger partial charge in [0.05, 0.1) is 17.1 Å². The number of nitrogens with one attached hydrogen (secondary N) is 1. The summed E-state index contributed by atoms with van der Waals surface area (Å²) in [6.45, 7) is 4.00. The highest BCUT2D eigenvalue weighted by atomic mass is 32.2. The summed E-state index contributed by atoms with van der Waals surface area (Å²) >= 11 is 1.36. The standard InChI is InChI=1S/C18H18N6O2S/c1-3-7-14-20-17(26-23-14)11(2)27-18-21-15-13(16(25)22-18)10-19-24(15)12-8-5-4-6-9-12/h4-6,8-11H,3,7H2,1-2H3,(H,21,22,25)/t11-/m1/s1. The summed E-state index contributed by atoms with van der Waals surface area (Å²) in [6.07, 6.45) is 3.26. The Kier molecular flexibility index (Phi) is 4.76. The van der Waals surface area contributed by atoms with Crippen LogP contribution in [0.4, 0.5) is 0 Å². The Morgan fingerprint density at radius 2 is 2.07 bits per heavy atom. The van der Waals surface area contributed by atoms with Crippen LogP contribution in [0.1, 0.15) is 37.2 Å². The van der Waals surface area contributed by atoms with Crippen LogP contribution in [-0.4, -0.2) is 29.9 Å². The van der Waals surface area contributed by atoms with Gasteiger partial charge in [-0.05, 0) is 25.5 Å². The Bertz CT molecular complexity index is 1120. The number of para-hydroxylation sites is 1. The minimum absolute atomic E-state index is 0.142. The van der Waals surface area contributed by atoms with E-state index in [1.807, 2.05) is 37.3 Å². The minimum Gasteiger partial charge on any atom is -0.338 e. The van der Waals surface area contributed by atoms with E-state index in [9.17, 15) is 4.79 Å². The van der Waals surface area contributed by atoms with Gasteiger partial charge >= 0.3 is 0 Å². The van der Waals surface area contributed by atoms with E-state index in [-0.39, 0.29) is 10.8 Å². The molecule has 3 aromatic heterocycles. The van der Waals surface area contributed by atoms with Crippen molar-refractivity contribution in [3.8, 4) is 5.69 Å². The van der Waals surface area contributed by atoms with Crippen molar-refractivity contribution < 1.29 is 4.52 Å². The quantitative estimate of drug-likeness (QED) is 0.403. The van der Waals surface area contributed by atoms with Crippen LogP contribution in [0.15, 0.2) is 51.0 Å². The third-order valence-corrected chi connectivity index (χ3v) is 4.98. The van der Waals surface area contributed by atoms with Crippen molar-refractivity contribution in [2.45, 2.75) is 37.1 Å². The predicted molar refractivity (Wildman–Crippen MR) is 102 cm³/mol. The molecule has 9 heteroatoms. The van der Waals surface area contributed by atoms with Crippen molar-refractivity contribution in [1.29, 1.82) is 0 Å². The number of hydrogen-bond acceptors (Lipinski definition) is 7. The number of thioether (sulfide) groups is 1. The first-order valence-electron chi connectivity index (χ1n) is 8.68. The molecule has 0 amide bonds. The number of H-pyrrole nitrogens is 1. The van der Waals surface area contributed by atoms with Gasteiger partial charge in [0.2, 0.25) is 5.89 Å². The number of aromatic nitrogens is 6. The van der Waals surface area contributed by atoms with Gasteiger partial charge in [0, 0.05) is 6.42 Å². The molecule has 0 unspecified atom stereocenters. The molecule has 0 aliphatic rings. The van der Waals surface area contributed by atoms with Crippen LogP contribution in [-0.2, 0) is 6.42 Å². The van der Waals surface area contributed by atoms with Gasteiger partial charge in [0.15, 0.2) is 16.6 Å². The molecule has 27 heavy (non-hydrogen) atoms. The number of aryl methyl sites for hydroxylation is 1. The Morgan fingerprint density at radius 1 is 1.26 bits per heavy atom. The lowest BCUT2D eigenvalue weighted by Gasteiger charge is -2.07. The van der Waals surface area contributed by atoms with E-state index >= 15 is 0 Å². The van der Waals surface area contributed by atoms with Crippen molar-refractivity contribution in [3.05, 3.63) is 58.6 Å². The molecule has 0 saturated heterocycles. The van der Waals surface area contributed by atoms with Crippen LogP contribution >= 0.6 is 11.8 Å². The van der Waals surface area contributed by atoms with Crippen LogP contribution in [0, 0.1) is 0 Å². The number of fused-ring (bicyclic) bond motifs is 1. The van der Waals surface area contributed by atoms with Crippen LogP contribution in [0.5, 0.6) is 0 Å². The van der Waals surface area contributed by atoms with Gasteiger partial charge in [-0.1, -0.05) is 42.0 Å². The molecular formula is C18H18N6O2S. The molecule has 4 rings (SSSR count). The van der Waals surface area contributed by atoms with Crippen LogP contribution in [0.25, 0.3) is 16.7 Å². The van der Waals surface area contributed by atoms with Gasteiger partial charge in [-0.25, -0.2) is 9.67 Å². The monoisotopic (exact) mass is 382 g/mol. The van der Waals surface area contributed by atoms with Gasteiger partial charge in [-0.2, -0.15) is 10.1 Å². The first-order valence-corrected chi connectivity index (χ1v) is 9.56. The second-order valence-electron chi connectivity index (χ2n) is 6.06. The van der Waals surface area contributed by atoms with Gasteiger partial charge in [-0.3, -0.25) is 4.79 Å². The molecule has 0 aliphatic carbocycles. The minimum atomic E-state index is -0.228. The highest BCUT2D eigenvalue weighted by Gasteiger charge is 2.18. The van der Waals surface area contributed by atoms with Crippen molar-refractivity contribution in [2.24, 2.45) is 0 Å². The Balaban J connectivity index is 1.66. The summed E-state index contributed by atoms with van der Waals surface area (Å²) in [5, 5.41) is 9.07. The van der Waals surface area contributed by atoms with E-state index in [0.717, 1.165) is 18.5 Å². The smallest absolute Gasteiger partial charge is 0.262 e. The Labute approximate surface area is 159 Å². The molecule has 0 radical (unpaired) electrons. The normalized spacial score (nSPS) is 12.5. The molecule has 1 aromatic carbocycles. The third kappa shape index (κ3) is 3.50. The average Bonchev–Trinajstić information content (AvgIpc) is 3.30. The van der Waals surface area contributed by atoms with E-state index in [4.69, 9.17) is 4.52 Å². The number of nitrogens with zero attached hydrogens (tertiary/aromatic N) is 5. The van der Waals surface area contributed by atoms with Crippen molar-refractivity contribution in [1.82, 2.24) is 29.9 Å². The first-order chi connectivity index (χ1) is 13.2. The van der Waals surface area contributed by atoms with E-state index in [0.29, 0.717) is 27.9 Å². The van der Waals surface area contributed by atoms with E-state index in [1.54, 1.807) is 4.68 Å². The Morgan fingerprint density at radius 3 is 2.85 bits per heavy atom. The number of aromatic amines is 1. The third-order valence-electron chi connectivity index (χ3n) is 4.01. The van der Waals surface area contributed by atoms with Crippen molar-refractivity contribution in [3.63, 3.8) is 0 Å². The van der Waals surface area contributed by atoms with E-state index < -0.39 is 0 Å². The molecule has 8 nitrogen and oxygen atoms in total. The second kappa shape index (κ2) is 7.36. The SMILES string of the molecule is CCCc1noc([C@@H](C)Sc2nc3c(cnn3-c3ccccc3)c(=O)[nH]2)n1. The number of benzene rings is 1. The molecule has 0 spiro atoms. The summed E-state index contributed by atoms with van der Waals surface area (Å²) in [5.41, 5.74) is 1.13. The highest BCUT2D eigenvalue weighted by Crippen LogP contribution is 2.32. The summed E-state index contributed by atoms with van der Waals surface area (Å²) in [7, 11) is 0. The molecule has 138 valence electrons. The fraction of sp³-hybridized carbons (Fsp3) is 0.278. The molecule has 0 aliphatic heterocycles.